The van der Waals surface area contributed by atoms with Crippen molar-refractivity contribution < 1.29 is 19.1 Å². The molecule has 1 N–H and O–H groups in total. The topological polar surface area (TPSA) is 38.7 Å². The Labute approximate surface area is 108 Å². The molecule has 1 atom stereocenters. The molecule has 1 heterocycles. The summed E-state index contributed by atoms with van der Waals surface area (Å²) in [7, 11) is 7.51. The predicted molar refractivity (Wildman–Crippen MR) is 70.3 cm³/mol. The minimum absolute atomic E-state index is 0.227. The fourth-order valence-electron chi connectivity index (χ4n) is 2.67. The number of benzene rings is 1. The Morgan fingerprint density at radius 3 is 2.50 bits per heavy atom. The summed E-state index contributed by atoms with van der Waals surface area (Å²) in [5.74, 6) is 1.27. The summed E-state index contributed by atoms with van der Waals surface area (Å²) in [6, 6.07) is 2.23. The maximum absolute atomic E-state index is 10.4. The number of quaternary nitrogens is 1. The van der Waals surface area contributed by atoms with E-state index in [-0.39, 0.29) is 11.8 Å². The number of nitrogens with zero attached hydrogens (tertiary/aromatic N) is 1. The van der Waals surface area contributed by atoms with E-state index in [0.717, 1.165) is 28.6 Å². The summed E-state index contributed by atoms with van der Waals surface area (Å²) in [6.45, 7) is 3.20. The van der Waals surface area contributed by atoms with Crippen molar-refractivity contribution in [3.05, 3.63) is 17.2 Å². The summed E-state index contributed by atoms with van der Waals surface area (Å²) in [5, 5.41) is 10.4. The van der Waals surface area contributed by atoms with Crippen LogP contribution in [0, 0.1) is 0 Å². The quantitative estimate of drug-likeness (QED) is 0.819. The maximum atomic E-state index is 10.4. The van der Waals surface area contributed by atoms with E-state index < -0.39 is 0 Å². The Balaban J connectivity index is 2.63. The summed E-state index contributed by atoms with van der Waals surface area (Å²) >= 11 is 0. The second-order valence-corrected chi connectivity index (χ2v) is 5.46. The number of phenolic OH excluding ortho intramolecular Hbond substituents is 1. The van der Waals surface area contributed by atoms with E-state index in [1.54, 1.807) is 14.2 Å². The molecule has 0 fully saturated rings. The Bertz CT molecular complexity index is 469. The molecule has 1 aromatic carbocycles. The van der Waals surface area contributed by atoms with E-state index in [0.29, 0.717) is 11.5 Å². The van der Waals surface area contributed by atoms with Gasteiger partial charge >= 0.3 is 0 Å². The highest BCUT2D eigenvalue weighted by Crippen LogP contribution is 2.47. The van der Waals surface area contributed by atoms with Gasteiger partial charge in [-0.1, -0.05) is 0 Å². The average molecular weight is 252 g/mol. The Kier molecular flexibility index (Phi) is 3.15. The van der Waals surface area contributed by atoms with Crippen LogP contribution >= 0.6 is 0 Å². The first-order valence-corrected chi connectivity index (χ1v) is 6.21. The fraction of sp³-hybridized carbons (Fsp3) is 0.571. The highest BCUT2D eigenvalue weighted by molar-refractivity contribution is 5.59. The Morgan fingerprint density at radius 1 is 1.28 bits per heavy atom. The van der Waals surface area contributed by atoms with E-state index >= 15 is 0 Å². The minimum Gasteiger partial charge on any atom is -0.504 e. The Hall–Kier alpha value is -1.42. The zero-order chi connectivity index (χ0) is 13.5. The monoisotopic (exact) mass is 252 g/mol. The van der Waals surface area contributed by atoms with Gasteiger partial charge in [0.05, 0.1) is 40.4 Å². The lowest BCUT2D eigenvalue weighted by Gasteiger charge is -2.41. The van der Waals surface area contributed by atoms with E-state index in [4.69, 9.17) is 9.47 Å². The van der Waals surface area contributed by atoms with Gasteiger partial charge in [0.1, 0.15) is 6.04 Å². The molecular weight excluding hydrogens is 230 g/mol. The lowest BCUT2D eigenvalue weighted by molar-refractivity contribution is -0.921. The number of methoxy groups -OCH3 is 2. The molecule has 0 saturated heterocycles. The van der Waals surface area contributed by atoms with E-state index in [2.05, 4.69) is 21.0 Å². The summed E-state index contributed by atoms with van der Waals surface area (Å²) < 4.78 is 11.4. The van der Waals surface area contributed by atoms with Gasteiger partial charge in [-0.15, -0.1) is 0 Å². The van der Waals surface area contributed by atoms with Crippen molar-refractivity contribution in [1.82, 2.24) is 0 Å². The Morgan fingerprint density at radius 2 is 1.94 bits per heavy atom. The van der Waals surface area contributed by atoms with Crippen LogP contribution in [0.5, 0.6) is 17.2 Å². The normalized spacial score (nSPS) is 21.3. The molecule has 1 aliphatic rings. The molecule has 0 aromatic heterocycles. The van der Waals surface area contributed by atoms with Crippen molar-refractivity contribution in [2.75, 3.05) is 34.9 Å². The lowest BCUT2D eigenvalue weighted by Crippen LogP contribution is -2.46. The van der Waals surface area contributed by atoms with Crippen molar-refractivity contribution in [2.24, 2.45) is 0 Å². The second kappa shape index (κ2) is 4.35. The number of aromatic hydroxyl groups is 1. The molecule has 2 rings (SSSR count). The van der Waals surface area contributed by atoms with Crippen LogP contribution in [0.2, 0.25) is 0 Å². The molecule has 0 spiro atoms. The third-order valence-corrected chi connectivity index (χ3v) is 4.19. The number of fused-ring (bicyclic) bond motifs is 1. The zero-order valence-electron chi connectivity index (χ0n) is 11.8. The largest absolute Gasteiger partial charge is 0.504 e. The van der Waals surface area contributed by atoms with Gasteiger partial charge in [-0.05, 0) is 18.6 Å². The summed E-state index contributed by atoms with van der Waals surface area (Å²) in [5.41, 5.74) is 2.15. The van der Waals surface area contributed by atoms with Gasteiger partial charge in [0, 0.05) is 6.42 Å². The van der Waals surface area contributed by atoms with Crippen LogP contribution in [-0.4, -0.2) is 44.4 Å². The number of ether oxygens (including phenoxy) is 2. The highest BCUT2D eigenvalue weighted by atomic mass is 16.5. The third kappa shape index (κ3) is 1.81. The molecule has 0 saturated carbocycles. The van der Waals surface area contributed by atoms with E-state index in [1.807, 2.05) is 6.07 Å². The first-order chi connectivity index (χ1) is 8.42. The van der Waals surface area contributed by atoms with Crippen LogP contribution in [0.4, 0.5) is 0 Å². The minimum atomic E-state index is 0.227. The van der Waals surface area contributed by atoms with E-state index in [1.165, 1.54) is 0 Å². The molecular formula is C14H22NO3+. The van der Waals surface area contributed by atoms with E-state index in [9.17, 15) is 5.11 Å². The SMILES string of the molecule is COc1cc2c(c(O)c1OC)[C@H](C)[N+](C)(C)CC2. The van der Waals surface area contributed by atoms with Crippen LogP contribution in [0.15, 0.2) is 6.07 Å². The van der Waals surface area contributed by atoms with Crippen molar-refractivity contribution in [3.8, 4) is 17.2 Å². The van der Waals surface area contributed by atoms with Gasteiger partial charge in [0.25, 0.3) is 0 Å². The molecule has 0 unspecified atom stereocenters. The van der Waals surface area contributed by atoms with Gasteiger partial charge in [-0.3, -0.25) is 0 Å². The number of hydrogen-bond acceptors (Lipinski definition) is 3. The predicted octanol–water partition coefficient (Wildman–Crippen LogP) is 2.10. The number of phenols is 1. The molecule has 0 radical (unpaired) electrons. The van der Waals surface area contributed by atoms with Gasteiger partial charge in [-0.2, -0.15) is 0 Å². The van der Waals surface area contributed by atoms with Crippen molar-refractivity contribution in [2.45, 2.75) is 19.4 Å². The molecule has 1 aliphatic heterocycles. The van der Waals surface area contributed by atoms with Crippen LogP contribution in [0.25, 0.3) is 0 Å². The molecule has 100 valence electrons. The summed E-state index contributed by atoms with van der Waals surface area (Å²) in [4.78, 5) is 0. The first kappa shape index (κ1) is 13.0. The van der Waals surface area contributed by atoms with Crippen molar-refractivity contribution in [1.29, 1.82) is 0 Å². The third-order valence-electron chi connectivity index (χ3n) is 4.19. The number of likely N-dealkylation sites (N-methyl/N-ethyl adjacent to an activating group) is 1. The van der Waals surface area contributed by atoms with Crippen LogP contribution in [0.3, 0.4) is 0 Å². The molecule has 4 nitrogen and oxygen atoms in total. The van der Waals surface area contributed by atoms with Gasteiger partial charge < -0.3 is 19.1 Å². The van der Waals surface area contributed by atoms with Gasteiger partial charge in [0.2, 0.25) is 5.75 Å². The van der Waals surface area contributed by atoms with Crippen molar-refractivity contribution in [3.63, 3.8) is 0 Å². The van der Waals surface area contributed by atoms with Crippen LogP contribution in [0.1, 0.15) is 24.1 Å². The first-order valence-electron chi connectivity index (χ1n) is 6.21. The average Bonchev–Trinajstić information content (AvgIpc) is 2.33. The van der Waals surface area contributed by atoms with Crippen LogP contribution < -0.4 is 9.47 Å². The van der Waals surface area contributed by atoms with Gasteiger partial charge in [0.15, 0.2) is 11.5 Å². The lowest BCUT2D eigenvalue weighted by atomic mass is 9.90. The molecule has 18 heavy (non-hydrogen) atoms. The number of hydrogen-bond donors (Lipinski definition) is 1. The smallest absolute Gasteiger partial charge is 0.203 e. The number of rotatable bonds is 2. The van der Waals surface area contributed by atoms with Crippen molar-refractivity contribution >= 4 is 0 Å². The molecule has 0 bridgehead atoms. The van der Waals surface area contributed by atoms with Crippen LogP contribution in [-0.2, 0) is 6.42 Å². The highest BCUT2D eigenvalue weighted by Gasteiger charge is 2.36. The molecule has 4 heteroatoms. The fourth-order valence-corrected chi connectivity index (χ4v) is 2.67. The molecule has 1 aromatic rings. The second-order valence-electron chi connectivity index (χ2n) is 5.46. The zero-order valence-corrected chi connectivity index (χ0v) is 11.8. The molecule has 0 amide bonds. The molecule has 0 aliphatic carbocycles. The maximum Gasteiger partial charge on any atom is 0.203 e. The standard InChI is InChI=1S/C14H21NO3/c1-9-12-10(6-7-15(9,2)3)8-11(17-4)14(18-5)13(12)16/h8-9H,6-7H2,1-5H3/p+1/t9-/m0/s1. The summed E-state index contributed by atoms with van der Waals surface area (Å²) in [6.07, 6.45) is 0.945. The van der Waals surface area contributed by atoms with Gasteiger partial charge in [-0.25, -0.2) is 0 Å².